The van der Waals surface area contributed by atoms with Gasteiger partial charge in [-0.05, 0) is 58.0 Å². The highest BCUT2D eigenvalue weighted by Gasteiger charge is 2.11. The number of amides is 1. The van der Waals surface area contributed by atoms with E-state index in [2.05, 4.69) is 53.5 Å². The van der Waals surface area contributed by atoms with Crippen LogP contribution in [0, 0.1) is 6.92 Å². The lowest BCUT2D eigenvalue weighted by Crippen LogP contribution is -2.24. The van der Waals surface area contributed by atoms with Crippen LogP contribution in [0.15, 0.2) is 55.0 Å². The van der Waals surface area contributed by atoms with Crippen LogP contribution in [0.3, 0.4) is 0 Å². The Hall–Kier alpha value is -3.32. The molecule has 7 heteroatoms. The molecule has 0 saturated carbocycles. The van der Waals surface area contributed by atoms with Crippen LogP contribution < -0.4 is 5.32 Å². The molecule has 0 aliphatic heterocycles. The third-order valence-electron chi connectivity index (χ3n) is 5.26. The van der Waals surface area contributed by atoms with Crippen molar-refractivity contribution in [2.24, 2.45) is 0 Å². The van der Waals surface area contributed by atoms with Crippen LogP contribution >= 0.6 is 0 Å². The summed E-state index contributed by atoms with van der Waals surface area (Å²) >= 11 is 0. The second-order valence-electron chi connectivity index (χ2n) is 8.82. The molecule has 2 heterocycles. The standard InChI is InChI=1S/C26H34N6O/c1-19(2)32-18-23(17-29-32)26-20(3)16-28-24(30-26)15-22-10-8-21(9-11-22)12-13-27-25(33)7-6-14-31(4)5/h6-11,16-19H,12-15H2,1-5H3,(H,27,33)/b7-6+. The van der Waals surface area contributed by atoms with Gasteiger partial charge >= 0.3 is 0 Å². The minimum Gasteiger partial charge on any atom is -0.352 e. The van der Waals surface area contributed by atoms with Gasteiger partial charge in [0.05, 0.1) is 11.9 Å². The molecule has 2 aromatic heterocycles. The molecule has 3 rings (SSSR count). The average molecular weight is 447 g/mol. The molecule has 0 unspecified atom stereocenters. The molecular formula is C26H34N6O. The molecule has 0 bridgehead atoms. The average Bonchev–Trinajstić information content (AvgIpc) is 3.26. The molecule has 1 amide bonds. The van der Waals surface area contributed by atoms with Gasteiger partial charge in [-0.25, -0.2) is 9.97 Å². The lowest BCUT2D eigenvalue weighted by molar-refractivity contribution is -0.116. The molecule has 0 atom stereocenters. The van der Waals surface area contributed by atoms with Crippen molar-refractivity contribution in [3.8, 4) is 11.3 Å². The highest BCUT2D eigenvalue weighted by Crippen LogP contribution is 2.22. The third-order valence-corrected chi connectivity index (χ3v) is 5.26. The van der Waals surface area contributed by atoms with Gasteiger partial charge in [0.1, 0.15) is 5.82 Å². The predicted octanol–water partition coefficient (Wildman–Crippen LogP) is 3.60. The molecule has 0 spiro atoms. The molecule has 0 aliphatic carbocycles. The first kappa shape index (κ1) is 24.3. The molecule has 33 heavy (non-hydrogen) atoms. The summed E-state index contributed by atoms with van der Waals surface area (Å²) in [5, 5.41) is 7.36. The number of nitrogens with one attached hydrogen (secondary N) is 1. The number of likely N-dealkylation sites (N-methyl/N-ethyl adjacent to an activating group) is 1. The molecular weight excluding hydrogens is 412 g/mol. The Kier molecular flexibility index (Phi) is 8.49. The van der Waals surface area contributed by atoms with Crippen molar-refractivity contribution < 1.29 is 4.79 Å². The SMILES string of the molecule is Cc1cnc(Cc2ccc(CCNC(=O)/C=C/CN(C)C)cc2)nc1-c1cnn(C(C)C)c1. The highest BCUT2D eigenvalue weighted by molar-refractivity contribution is 5.87. The minimum atomic E-state index is -0.0558. The molecule has 1 aromatic carbocycles. The van der Waals surface area contributed by atoms with Crippen molar-refractivity contribution in [1.82, 2.24) is 30.0 Å². The molecule has 174 valence electrons. The predicted molar refractivity (Wildman–Crippen MR) is 132 cm³/mol. The Morgan fingerprint density at radius 1 is 1.15 bits per heavy atom. The lowest BCUT2D eigenvalue weighted by atomic mass is 10.1. The Bertz CT molecular complexity index is 1080. The maximum atomic E-state index is 11.8. The third kappa shape index (κ3) is 7.36. The monoisotopic (exact) mass is 446 g/mol. The smallest absolute Gasteiger partial charge is 0.243 e. The summed E-state index contributed by atoms with van der Waals surface area (Å²) in [6.07, 6.45) is 10.7. The Morgan fingerprint density at radius 3 is 2.55 bits per heavy atom. The van der Waals surface area contributed by atoms with Crippen LogP contribution in [-0.4, -0.2) is 57.7 Å². The Morgan fingerprint density at radius 2 is 1.88 bits per heavy atom. The van der Waals surface area contributed by atoms with Crippen molar-refractivity contribution >= 4 is 5.91 Å². The first-order valence-corrected chi connectivity index (χ1v) is 11.4. The number of aromatic nitrogens is 4. The van der Waals surface area contributed by atoms with E-state index in [0.29, 0.717) is 19.0 Å². The molecule has 1 N–H and O–H groups in total. The Balaban J connectivity index is 1.56. The fourth-order valence-electron chi connectivity index (χ4n) is 3.36. The zero-order valence-electron chi connectivity index (χ0n) is 20.2. The summed E-state index contributed by atoms with van der Waals surface area (Å²) in [7, 11) is 3.94. The quantitative estimate of drug-likeness (QED) is 0.482. The summed E-state index contributed by atoms with van der Waals surface area (Å²) < 4.78 is 1.94. The topological polar surface area (TPSA) is 75.9 Å². The van der Waals surface area contributed by atoms with E-state index in [0.717, 1.165) is 41.2 Å². The summed E-state index contributed by atoms with van der Waals surface area (Å²) in [5.74, 6) is 0.733. The van der Waals surface area contributed by atoms with Crippen LogP contribution in [0.25, 0.3) is 11.3 Å². The van der Waals surface area contributed by atoms with Crippen molar-refractivity contribution in [2.75, 3.05) is 27.2 Å². The number of nitrogens with zero attached hydrogens (tertiary/aromatic N) is 5. The first-order valence-electron chi connectivity index (χ1n) is 11.4. The van der Waals surface area contributed by atoms with Gasteiger partial charge in [0.25, 0.3) is 0 Å². The largest absolute Gasteiger partial charge is 0.352 e. The van der Waals surface area contributed by atoms with E-state index in [-0.39, 0.29) is 5.91 Å². The Labute approximate surface area is 196 Å². The summed E-state index contributed by atoms with van der Waals surface area (Å²) in [6, 6.07) is 8.73. The van der Waals surface area contributed by atoms with Crippen molar-refractivity contribution in [3.05, 3.63) is 77.5 Å². The highest BCUT2D eigenvalue weighted by atomic mass is 16.1. The molecule has 0 aliphatic rings. The zero-order chi connectivity index (χ0) is 23.8. The maximum absolute atomic E-state index is 11.8. The molecule has 7 nitrogen and oxygen atoms in total. The van der Waals surface area contributed by atoms with Crippen LogP contribution in [0.2, 0.25) is 0 Å². The van der Waals surface area contributed by atoms with E-state index in [9.17, 15) is 4.79 Å². The fraction of sp³-hybridized carbons (Fsp3) is 0.385. The normalized spacial score (nSPS) is 11.6. The molecule has 3 aromatic rings. The van der Waals surface area contributed by atoms with Gasteiger partial charge in [-0.15, -0.1) is 0 Å². The van der Waals surface area contributed by atoms with Crippen molar-refractivity contribution in [3.63, 3.8) is 0 Å². The summed E-state index contributed by atoms with van der Waals surface area (Å²) in [6.45, 7) is 7.60. The van der Waals surface area contributed by atoms with Crippen LogP contribution in [0.4, 0.5) is 0 Å². The van der Waals surface area contributed by atoms with Crippen LogP contribution in [-0.2, 0) is 17.6 Å². The van der Waals surface area contributed by atoms with E-state index >= 15 is 0 Å². The van der Waals surface area contributed by atoms with E-state index < -0.39 is 0 Å². The van der Waals surface area contributed by atoms with E-state index in [4.69, 9.17) is 4.98 Å². The maximum Gasteiger partial charge on any atom is 0.243 e. The number of hydrogen-bond donors (Lipinski definition) is 1. The summed E-state index contributed by atoms with van der Waals surface area (Å²) in [4.78, 5) is 23.2. The number of benzene rings is 1. The number of rotatable bonds is 10. The first-order chi connectivity index (χ1) is 15.8. The van der Waals surface area contributed by atoms with Crippen molar-refractivity contribution in [2.45, 2.75) is 39.7 Å². The van der Waals surface area contributed by atoms with Gasteiger partial charge in [-0.1, -0.05) is 30.3 Å². The van der Waals surface area contributed by atoms with E-state index in [1.807, 2.05) is 55.3 Å². The molecule has 0 fully saturated rings. The minimum absolute atomic E-state index is 0.0558. The molecule has 0 radical (unpaired) electrons. The van der Waals surface area contributed by atoms with Crippen LogP contribution in [0.1, 0.15) is 42.4 Å². The van der Waals surface area contributed by atoms with Crippen LogP contribution in [0.5, 0.6) is 0 Å². The van der Waals surface area contributed by atoms with E-state index in [1.54, 1.807) is 6.08 Å². The van der Waals surface area contributed by atoms with Gasteiger partial charge in [-0.2, -0.15) is 5.10 Å². The number of hydrogen-bond acceptors (Lipinski definition) is 5. The van der Waals surface area contributed by atoms with Gasteiger partial charge in [0.15, 0.2) is 0 Å². The van der Waals surface area contributed by atoms with E-state index in [1.165, 1.54) is 5.56 Å². The van der Waals surface area contributed by atoms with Gasteiger partial charge < -0.3 is 10.2 Å². The fourth-order valence-corrected chi connectivity index (χ4v) is 3.36. The molecule has 0 saturated heterocycles. The lowest BCUT2D eigenvalue weighted by Gasteiger charge is -2.08. The van der Waals surface area contributed by atoms with Gasteiger partial charge in [0, 0.05) is 49.6 Å². The second kappa shape index (κ2) is 11.5. The number of carbonyl (C=O) groups excluding carboxylic acids is 1. The zero-order valence-corrected chi connectivity index (χ0v) is 20.2. The second-order valence-corrected chi connectivity index (χ2v) is 8.82. The van der Waals surface area contributed by atoms with Gasteiger partial charge in [0.2, 0.25) is 5.91 Å². The number of aryl methyl sites for hydroxylation is 1. The van der Waals surface area contributed by atoms with Crippen molar-refractivity contribution in [1.29, 1.82) is 0 Å². The number of carbonyl (C=O) groups is 1. The summed E-state index contributed by atoms with van der Waals surface area (Å²) in [5.41, 5.74) is 5.32. The van der Waals surface area contributed by atoms with Gasteiger partial charge in [-0.3, -0.25) is 9.48 Å².